The number of methoxy groups -OCH3 is 1. The summed E-state index contributed by atoms with van der Waals surface area (Å²) >= 11 is 1.45. The highest BCUT2D eigenvalue weighted by Gasteiger charge is 2.09. The van der Waals surface area contributed by atoms with Gasteiger partial charge in [-0.25, -0.2) is 3.96 Å². The molecule has 2 aromatic carbocycles. The van der Waals surface area contributed by atoms with Gasteiger partial charge < -0.3 is 4.74 Å². The molecule has 19 heavy (non-hydrogen) atoms. The second-order valence-corrected chi connectivity index (χ2v) is 5.38. The molecule has 0 fully saturated rings. The normalized spacial score (nSPS) is 10.8. The van der Waals surface area contributed by atoms with Crippen LogP contribution in [0.3, 0.4) is 0 Å². The van der Waals surface area contributed by atoms with Crippen LogP contribution < -0.4 is 10.3 Å². The fourth-order valence-corrected chi connectivity index (χ4v) is 3.09. The summed E-state index contributed by atoms with van der Waals surface area (Å²) in [5.74, 6) is 0.763. The van der Waals surface area contributed by atoms with E-state index < -0.39 is 0 Å². The molecule has 3 aromatic rings. The van der Waals surface area contributed by atoms with Gasteiger partial charge in [-0.15, -0.1) is 0 Å². The number of hydrogen-bond donors (Lipinski definition) is 0. The molecule has 0 amide bonds. The molecule has 0 aliphatic carbocycles. The number of rotatable bonds is 2. The maximum absolute atomic E-state index is 12.4. The van der Waals surface area contributed by atoms with E-state index in [-0.39, 0.29) is 5.56 Å². The minimum atomic E-state index is 0.0215. The van der Waals surface area contributed by atoms with Crippen molar-refractivity contribution in [3.05, 3.63) is 58.4 Å². The Balaban J connectivity index is 2.27. The van der Waals surface area contributed by atoms with E-state index in [1.54, 1.807) is 11.1 Å². The van der Waals surface area contributed by atoms with Gasteiger partial charge in [0.25, 0.3) is 5.56 Å². The summed E-state index contributed by atoms with van der Waals surface area (Å²) in [6.45, 7) is 1.99. The molecule has 0 saturated heterocycles. The summed E-state index contributed by atoms with van der Waals surface area (Å²) in [5, 5.41) is 0.757. The van der Waals surface area contributed by atoms with Crippen molar-refractivity contribution < 1.29 is 4.74 Å². The molecule has 0 spiro atoms. The summed E-state index contributed by atoms with van der Waals surface area (Å²) < 4.78 is 7.96. The van der Waals surface area contributed by atoms with Gasteiger partial charge >= 0.3 is 0 Å². The molecule has 1 heterocycles. The fourth-order valence-electron chi connectivity index (χ4n) is 2.11. The topological polar surface area (TPSA) is 31.2 Å². The van der Waals surface area contributed by atoms with E-state index in [0.717, 1.165) is 27.1 Å². The molecule has 0 saturated carbocycles. The second kappa shape index (κ2) is 4.55. The van der Waals surface area contributed by atoms with Gasteiger partial charge in [0.05, 0.1) is 22.9 Å². The van der Waals surface area contributed by atoms with E-state index >= 15 is 0 Å². The SMILES string of the molecule is COc1cc(C)cc(-n2sc3ccccc3c2=O)c1. The smallest absolute Gasteiger partial charge is 0.273 e. The number of benzene rings is 2. The van der Waals surface area contributed by atoms with Crippen LogP contribution in [0.4, 0.5) is 0 Å². The zero-order chi connectivity index (χ0) is 13.4. The van der Waals surface area contributed by atoms with Crippen molar-refractivity contribution in [1.82, 2.24) is 3.96 Å². The zero-order valence-corrected chi connectivity index (χ0v) is 11.5. The minimum absolute atomic E-state index is 0.0215. The molecule has 0 aliphatic rings. The number of fused-ring (bicyclic) bond motifs is 1. The van der Waals surface area contributed by atoms with Crippen molar-refractivity contribution >= 4 is 21.6 Å². The number of aromatic nitrogens is 1. The molecule has 3 nitrogen and oxygen atoms in total. The van der Waals surface area contributed by atoms with Crippen LogP contribution in [0, 0.1) is 6.92 Å². The van der Waals surface area contributed by atoms with Crippen molar-refractivity contribution in [2.75, 3.05) is 7.11 Å². The highest BCUT2D eigenvalue weighted by atomic mass is 32.1. The van der Waals surface area contributed by atoms with Crippen LogP contribution in [0.2, 0.25) is 0 Å². The first-order valence-electron chi connectivity index (χ1n) is 5.96. The third kappa shape index (κ3) is 2.04. The molecule has 3 rings (SSSR count). The largest absolute Gasteiger partial charge is 0.497 e. The second-order valence-electron chi connectivity index (χ2n) is 4.40. The van der Waals surface area contributed by atoms with Crippen LogP contribution in [0.5, 0.6) is 5.75 Å². The lowest BCUT2D eigenvalue weighted by Crippen LogP contribution is -2.10. The first-order chi connectivity index (χ1) is 9.19. The maximum Gasteiger partial charge on any atom is 0.273 e. The Bertz CT molecular complexity index is 801. The average molecular weight is 271 g/mol. The highest BCUT2D eigenvalue weighted by molar-refractivity contribution is 7.14. The Morgan fingerprint density at radius 3 is 2.68 bits per heavy atom. The zero-order valence-electron chi connectivity index (χ0n) is 10.7. The Hall–Kier alpha value is -2.07. The molecular formula is C15H13NO2S. The van der Waals surface area contributed by atoms with Crippen LogP contribution >= 0.6 is 11.5 Å². The van der Waals surface area contributed by atoms with Gasteiger partial charge in [0, 0.05) is 6.07 Å². The van der Waals surface area contributed by atoms with Crippen molar-refractivity contribution in [2.24, 2.45) is 0 Å². The van der Waals surface area contributed by atoms with Crippen LogP contribution in [-0.2, 0) is 0 Å². The fraction of sp³-hybridized carbons (Fsp3) is 0.133. The summed E-state index contributed by atoms with van der Waals surface area (Å²) in [6, 6.07) is 13.5. The molecule has 4 heteroatoms. The molecule has 0 atom stereocenters. The van der Waals surface area contributed by atoms with E-state index in [1.165, 1.54) is 11.5 Å². The van der Waals surface area contributed by atoms with Crippen molar-refractivity contribution in [2.45, 2.75) is 6.92 Å². The van der Waals surface area contributed by atoms with Gasteiger partial charge in [-0.2, -0.15) is 0 Å². The maximum atomic E-state index is 12.4. The third-order valence-corrected chi connectivity index (χ3v) is 4.11. The Kier molecular flexibility index (Phi) is 2.87. The van der Waals surface area contributed by atoms with E-state index in [9.17, 15) is 4.79 Å². The molecule has 1 aromatic heterocycles. The highest BCUT2D eigenvalue weighted by Crippen LogP contribution is 2.23. The van der Waals surface area contributed by atoms with E-state index in [0.29, 0.717) is 0 Å². The molecule has 0 radical (unpaired) electrons. The lowest BCUT2D eigenvalue weighted by atomic mass is 10.2. The van der Waals surface area contributed by atoms with Gasteiger partial charge in [0.15, 0.2) is 0 Å². The molecule has 96 valence electrons. The quantitative estimate of drug-likeness (QED) is 0.715. The van der Waals surface area contributed by atoms with Crippen molar-refractivity contribution in [3.63, 3.8) is 0 Å². The predicted molar refractivity (Wildman–Crippen MR) is 78.7 cm³/mol. The van der Waals surface area contributed by atoms with Gasteiger partial charge in [-0.3, -0.25) is 4.79 Å². The van der Waals surface area contributed by atoms with Crippen molar-refractivity contribution in [3.8, 4) is 11.4 Å². The molecule has 0 aliphatic heterocycles. The molecule has 0 unspecified atom stereocenters. The number of hydrogen-bond acceptors (Lipinski definition) is 3. The summed E-state index contributed by atoms with van der Waals surface area (Å²) in [5.41, 5.74) is 1.94. The van der Waals surface area contributed by atoms with E-state index in [2.05, 4.69) is 0 Å². The number of aryl methyl sites for hydroxylation is 1. The lowest BCUT2D eigenvalue weighted by Gasteiger charge is -2.06. The van der Waals surface area contributed by atoms with Gasteiger partial charge in [0.2, 0.25) is 0 Å². The molecule has 0 bridgehead atoms. The predicted octanol–water partition coefficient (Wildman–Crippen LogP) is 3.37. The van der Waals surface area contributed by atoms with Gasteiger partial charge in [0.1, 0.15) is 5.75 Å². The van der Waals surface area contributed by atoms with E-state index in [1.807, 2.05) is 49.4 Å². The van der Waals surface area contributed by atoms with Gasteiger partial charge in [-0.05, 0) is 36.8 Å². The van der Waals surface area contributed by atoms with Crippen LogP contribution in [0.1, 0.15) is 5.56 Å². The average Bonchev–Trinajstić information content (AvgIpc) is 2.76. The standard InChI is InChI=1S/C15H13NO2S/c1-10-7-11(9-12(8-10)18-2)16-15(17)13-5-3-4-6-14(13)19-16/h3-9H,1-2H3. The van der Waals surface area contributed by atoms with Crippen LogP contribution in [-0.4, -0.2) is 11.1 Å². The summed E-state index contributed by atoms with van der Waals surface area (Å²) in [7, 11) is 1.63. The Morgan fingerprint density at radius 2 is 1.95 bits per heavy atom. The first-order valence-corrected chi connectivity index (χ1v) is 6.73. The summed E-state index contributed by atoms with van der Waals surface area (Å²) in [6.07, 6.45) is 0. The molecular weight excluding hydrogens is 258 g/mol. The third-order valence-electron chi connectivity index (χ3n) is 3.00. The van der Waals surface area contributed by atoms with E-state index in [4.69, 9.17) is 4.74 Å². The Morgan fingerprint density at radius 1 is 1.16 bits per heavy atom. The number of ether oxygens (including phenoxy) is 1. The Labute approximate surface area is 114 Å². The lowest BCUT2D eigenvalue weighted by molar-refractivity contribution is 0.414. The first kappa shape index (κ1) is 12.0. The van der Waals surface area contributed by atoms with Crippen LogP contribution in [0.25, 0.3) is 15.8 Å². The molecule has 0 N–H and O–H groups in total. The summed E-state index contributed by atoms with van der Waals surface area (Å²) in [4.78, 5) is 12.4. The van der Waals surface area contributed by atoms with Crippen molar-refractivity contribution in [1.29, 1.82) is 0 Å². The monoisotopic (exact) mass is 271 g/mol. The van der Waals surface area contributed by atoms with Gasteiger partial charge in [-0.1, -0.05) is 23.7 Å². The number of nitrogens with zero attached hydrogens (tertiary/aromatic N) is 1. The minimum Gasteiger partial charge on any atom is -0.497 e. The van der Waals surface area contributed by atoms with Crippen LogP contribution in [0.15, 0.2) is 47.3 Å².